The largest absolute Gasteiger partial charge is 0.338 e. The quantitative estimate of drug-likeness (QED) is 0.730. The second kappa shape index (κ2) is 5.34. The number of hydrogen-bond donors (Lipinski definition) is 2. The highest BCUT2D eigenvalue weighted by molar-refractivity contribution is 7.92. The second-order valence-corrected chi connectivity index (χ2v) is 6.79. The van der Waals surface area contributed by atoms with Crippen molar-refractivity contribution in [1.29, 1.82) is 0 Å². The first-order valence-corrected chi connectivity index (χ1v) is 6.81. The summed E-state index contributed by atoms with van der Waals surface area (Å²) in [7, 11) is -3.16. The summed E-state index contributed by atoms with van der Waals surface area (Å²) in [6.07, 6.45) is 2.02. The predicted molar refractivity (Wildman–Crippen MR) is 60.6 cm³/mol. The van der Waals surface area contributed by atoms with Crippen molar-refractivity contribution in [3.63, 3.8) is 0 Å². The van der Waals surface area contributed by atoms with Crippen LogP contribution in [0.25, 0.3) is 0 Å². The van der Waals surface area contributed by atoms with E-state index in [-0.39, 0.29) is 12.6 Å². The fourth-order valence-electron chi connectivity index (χ4n) is 0.725. The summed E-state index contributed by atoms with van der Waals surface area (Å²) in [5.41, 5.74) is 0. The second-order valence-electron chi connectivity index (χ2n) is 4.14. The van der Waals surface area contributed by atoms with Gasteiger partial charge in [-0.15, -0.1) is 0 Å². The summed E-state index contributed by atoms with van der Waals surface area (Å²) in [6.45, 7) is 5.82. The molecule has 0 saturated heterocycles. The van der Waals surface area contributed by atoms with Gasteiger partial charge < -0.3 is 10.6 Å². The van der Waals surface area contributed by atoms with E-state index in [0.29, 0.717) is 6.54 Å². The van der Waals surface area contributed by atoms with Gasteiger partial charge in [0.2, 0.25) is 0 Å². The van der Waals surface area contributed by atoms with Gasteiger partial charge in [-0.2, -0.15) is 0 Å². The number of rotatable bonds is 5. The summed E-state index contributed by atoms with van der Waals surface area (Å²) in [4.78, 5) is 11.2. The fraction of sp³-hybridized carbons (Fsp3) is 0.889. The van der Waals surface area contributed by atoms with Crippen LogP contribution in [0, 0.1) is 0 Å². The Labute approximate surface area is 91.5 Å². The molecule has 0 aliphatic heterocycles. The lowest BCUT2D eigenvalue weighted by molar-refractivity contribution is 0.240. The van der Waals surface area contributed by atoms with Crippen molar-refractivity contribution < 1.29 is 13.2 Å². The van der Waals surface area contributed by atoms with Gasteiger partial charge in [-0.1, -0.05) is 6.92 Å². The monoisotopic (exact) mass is 236 g/mol. The van der Waals surface area contributed by atoms with Gasteiger partial charge in [0.05, 0.1) is 4.75 Å². The molecule has 0 aromatic heterocycles. The molecule has 6 heteroatoms. The normalized spacial score (nSPS) is 12.3. The molecule has 15 heavy (non-hydrogen) atoms. The lowest BCUT2D eigenvalue weighted by Gasteiger charge is -2.22. The maximum atomic E-state index is 11.3. The van der Waals surface area contributed by atoms with Crippen molar-refractivity contribution in [2.75, 3.05) is 19.3 Å². The highest BCUT2D eigenvalue weighted by atomic mass is 32.2. The van der Waals surface area contributed by atoms with Crippen molar-refractivity contribution in [3.05, 3.63) is 0 Å². The molecule has 0 atom stereocenters. The van der Waals surface area contributed by atoms with E-state index in [9.17, 15) is 13.2 Å². The topological polar surface area (TPSA) is 75.3 Å². The first-order chi connectivity index (χ1) is 6.70. The lowest BCUT2D eigenvalue weighted by atomic mass is 10.2. The van der Waals surface area contributed by atoms with Crippen molar-refractivity contribution in [2.45, 2.75) is 31.9 Å². The van der Waals surface area contributed by atoms with Crippen LogP contribution in [0.1, 0.15) is 27.2 Å². The highest BCUT2D eigenvalue weighted by Gasteiger charge is 2.30. The minimum atomic E-state index is -3.16. The SMILES string of the molecule is CCCNC(=O)NCC(C)(C)S(C)(=O)=O. The third-order valence-corrected chi connectivity index (χ3v) is 4.37. The van der Waals surface area contributed by atoms with E-state index in [4.69, 9.17) is 0 Å². The first-order valence-electron chi connectivity index (χ1n) is 4.92. The minimum Gasteiger partial charge on any atom is -0.338 e. The van der Waals surface area contributed by atoms with Crippen molar-refractivity contribution in [1.82, 2.24) is 10.6 Å². The van der Waals surface area contributed by atoms with Crippen LogP contribution in [0.2, 0.25) is 0 Å². The van der Waals surface area contributed by atoms with Crippen LogP contribution in [0.4, 0.5) is 4.79 Å². The third-order valence-electron chi connectivity index (χ3n) is 2.21. The number of amides is 2. The molecule has 0 aliphatic rings. The number of nitrogens with one attached hydrogen (secondary N) is 2. The van der Waals surface area contributed by atoms with Gasteiger partial charge in [0, 0.05) is 19.3 Å². The molecule has 0 saturated carbocycles. The Morgan fingerprint density at radius 3 is 2.20 bits per heavy atom. The van der Waals surface area contributed by atoms with Crippen LogP contribution in [0.15, 0.2) is 0 Å². The predicted octanol–water partition coefficient (Wildman–Crippen LogP) is 0.519. The van der Waals surface area contributed by atoms with Gasteiger partial charge in [-0.05, 0) is 20.3 Å². The summed E-state index contributed by atoms with van der Waals surface area (Å²) >= 11 is 0. The summed E-state index contributed by atoms with van der Waals surface area (Å²) in [6, 6.07) is -0.325. The molecule has 2 amide bonds. The number of urea groups is 1. The molecule has 5 nitrogen and oxygen atoms in total. The number of sulfone groups is 1. The van der Waals surface area contributed by atoms with Gasteiger partial charge in [-0.25, -0.2) is 13.2 Å². The van der Waals surface area contributed by atoms with Crippen LogP contribution in [0.5, 0.6) is 0 Å². The Hall–Kier alpha value is -0.780. The van der Waals surface area contributed by atoms with Gasteiger partial charge in [0.25, 0.3) is 0 Å². The van der Waals surface area contributed by atoms with E-state index in [1.807, 2.05) is 6.92 Å². The zero-order valence-corrected chi connectivity index (χ0v) is 10.6. The Kier molecular flexibility index (Phi) is 5.07. The molecule has 0 rings (SSSR count). The van der Waals surface area contributed by atoms with E-state index < -0.39 is 14.6 Å². The molecule has 0 aliphatic carbocycles. The maximum Gasteiger partial charge on any atom is 0.314 e. The Balaban J connectivity index is 4.11. The molecule has 0 aromatic rings. The molecule has 0 bridgehead atoms. The molecular formula is C9H20N2O3S. The van der Waals surface area contributed by atoms with Crippen LogP contribution in [-0.4, -0.2) is 38.5 Å². The maximum absolute atomic E-state index is 11.3. The highest BCUT2D eigenvalue weighted by Crippen LogP contribution is 2.12. The lowest BCUT2D eigenvalue weighted by Crippen LogP contribution is -2.47. The smallest absolute Gasteiger partial charge is 0.314 e. The van der Waals surface area contributed by atoms with Gasteiger partial charge in [-0.3, -0.25) is 0 Å². The summed E-state index contributed by atoms with van der Waals surface area (Å²) in [5.74, 6) is 0. The fourth-order valence-corrected chi connectivity index (χ4v) is 1.06. The van der Waals surface area contributed by atoms with E-state index in [1.54, 1.807) is 13.8 Å². The number of carbonyl (C=O) groups excluding carboxylic acids is 1. The first kappa shape index (κ1) is 14.2. The third kappa shape index (κ3) is 5.01. The van der Waals surface area contributed by atoms with Crippen molar-refractivity contribution in [2.24, 2.45) is 0 Å². The van der Waals surface area contributed by atoms with Crippen LogP contribution in [-0.2, 0) is 9.84 Å². The number of carbonyl (C=O) groups is 1. The molecule has 0 fully saturated rings. The van der Waals surface area contributed by atoms with Gasteiger partial charge >= 0.3 is 6.03 Å². The van der Waals surface area contributed by atoms with E-state index >= 15 is 0 Å². The Morgan fingerprint density at radius 1 is 1.27 bits per heavy atom. The molecular weight excluding hydrogens is 216 g/mol. The van der Waals surface area contributed by atoms with Gasteiger partial charge in [0.1, 0.15) is 0 Å². The zero-order valence-electron chi connectivity index (χ0n) is 9.75. The molecule has 0 unspecified atom stereocenters. The van der Waals surface area contributed by atoms with E-state index in [0.717, 1.165) is 6.42 Å². The molecule has 0 radical (unpaired) electrons. The van der Waals surface area contributed by atoms with Crippen LogP contribution in [0.3, 0.4) is 0 Å². The van der Waals surface area contributed by atoms with E-state index in [2.05, 4.69) is 10.6 Å². The zero-order chi connectivity index (χ0) is 12.1. The summed E-state index contributed by atoms with van der Waals surface area (Å²) < 4.78 is 21.7. The van der Waals surface area contributed by atoms with E-state index in [1.165, 1.54) is 6.26 Å². The van der Waals surface area contributed by atoms with Crippen molar-refractivity contribution in [3.8, 4) is 0 Å². The molecule has 90 valence electrons. The average Bonchev–Trinajstić information content (AvgIpc) is 2.09. The number of hydrogen-bond acceptors (Lipinski definition) is 3. The standard InChI is InChI=1S/C9H20N2O3S/c1-5-6-10-8(12)11-7-9(2,3)15(4,13)14/h5-7H2,1-4H3,(H2,10,11,12). The van der Waals surface area contributed by atoms with Crippen molar-refractivity contribution >= 4 is 15.9 Å². The minimum absolute atomic E-state index is 0.112. The molecule has 0 spiro atoms. The molecule has 0 aromatic carbocycles. The Bertz CT molecular complexity index is 309. The molecule has 2 N–H and O–H groups in total. The van der Waals surface area contributed by atoms with Crippen LogP contribution >= 0.6 is 0 Å². The average molecular weight is 236 g/mol. The summed E-state index contributed by atoms with van der Waals surface area (Å²) in [5, 5.41) is 5.15. The van der Waals surface area contributed by atoms with Gasteiger partial charge in [0.15, 0.2) is 9.84 Å². The molecule has 0 heterocycles. The Morgan fingerprint density at radius 2 is 1.80 bits per heavy atom. The van der Waals surface area contributed by atoms with Crippen LogP contribution < -0.4 is 10.6 Å².